The summed E-state index contributed by atoms with van der Waals surface area (Å²) in [6, 6.07) is 13.7. The zero-order valence-corrected chi connectivity index (χ0v) is 20.5. The average Bonchev–Trinajstić information content (AvgIpc) is 3.37. The molecule has 11 heteroatoms. The monoisotopic (exact) mass is 508 g/mol. The van der Waals surface area contributed by atoms with Gasteiger partial charge in [0, 0.05) is 35.9 Å². The molecule has 0 fully saturated rings. The van der Waals surface area contributed by atoms with Crippen LogP contribution < -0.4 is 10.6 Å². The number of pyridine rings is 1. The van der Waals surface area contributed by atoms with Crippen molar-refractivity contribution in [1.82, 2.24) is 29.5 Å². The van der Waals surface area contributed by atoms with Gasteiger partial charge in [0.05, 0.1) is 36.9 Å². The van der Waals surface area contributed by atoms with Gasteiger partial charge in [-0.05, 0) is 24.6 Å². The summed E-state index contributed by atoms with van der Waals surface area (Å²) < 4.78 is 6.59. The number of carbonyl (C=O) groups is 2. The predicted molar refractivity (Wildman–Crippen MR) is 141 cm³/mol. The maximum absolute atomic E-state index is 12.2. The minimum atomic E-state index is -0.594. The summed E-state index contributed by atoms with van der Waals surface area (Å²) >= 11 is 0. The van der Waals surface area contributed by atoms with Gasteiger partial charge in [-0.2, -0.15) is 0 Å². The van der Waals surface area contributed by atoms with Gasteiger partial charge in [0.15, 0.2) is 11.6 Å². The minimum Gasteiger partial charge on any atom is -0.466 e. The lowest BCUT2D eigenvalue weighted by Crippen LogP contribution is -2.18. The lowest BCUT2D eigenvalue weighted by molar-refractivity contribution is -0.145. The molecule has 0 atom stereocenters. The molecule has 1 aromatic carbocycles. The third kappa shape index (κ3) is 5.62. The van der Waals surface area contributed by atoms with Crippen molar-refractivity contribution in [3.05, 3.63) is 85.3 Å². The number of benzene rings is 1. The standard InChI is InChI=1S/C27H24N8O3/c1-2-38-24(37)13-23(36)32-20-12-19(14-29-15-20)26-33-27(31-17-21-16-28-9-10-30-21)25-22(8-11-35(25)34-26)18-6-4-3-5-7-18/h3-12,14-16H,2,13,17H2,1H3,(H,32,36)(H,31,33,34). The number of amides is 1. The molecule has 11 nitrogen and oxygen atoms in total. The number of hydrogen-bond donors (Lipinski definition) is 2. The number of anilines is 2. The molecule has 190 valence electrons. The van der Waals surface area contributed by atoms with Crippen LogP contribution in [0.4, 0.5) is 11.5 Å². The number of carbonyl (C=O) groups excluding carboxylic acids is 2. The number of ether oxygens (including phenoxy) is 1. The van der Waals surface area contributed by atoms with E-state index >= 15 is 0 Å². The second-order valence-corrected chi connectivity index (χ2v) is 8.22. The molecule has 0 aliphatic rings. The van der Waals surface area contributed by atoms with E-state index in [4.69, 9.17) is 14.8 Å². The third-order valence-electron chi connectivity index (χ3n) is 5.54. The summed E-state index contributed by atoms with van der Waals surface area (Å²) in [4.78, 5) is 41.4. The van der Waals surface area contributed by atoms with Crippen molar-refractivity contribution in [3.8, 4) is 22.5 Å². The topological polar surface area (TPSA) is 136 Å². The van der Waals surface area contributed by atoms with Gasteiger partial charge in [-0.1, -0.05) is 30.3 Å². The van der Waals surface area contributed by atoms with E-state index in [9.17, 15) is 9.59 Å². The van der Waals surface area contributed by atoms with E-state index < -0.39 is 11.9 Å². The van der Waals surface area contributed by atoms with Crippen molar-refractivity contribution in [1.29, 1.82) is 0 Å². The molecule has 5 rings (SSSR count). The van der Waals surface area contributed by atoms with Gasteiger partial charge in [0.25, 0.3) is 0 Å². The molecule has 4 heterocycles. The van der Waals surface area contributed by atoms with Gasteiger partial charge in [0.1, 0.15) is 11.9 Å². The number of esters is 1. The Kier molecular flexibility index (Phi) is 7.25. The van der Waals surface area contributed by atoms with Crippen LogP contribution in [0, 0.1) is 0 Å². The zero-order chi connectivity index (χ0) is 26.3. The van der Waals surface area contributed by atoms with E-state index in [-0.39, 0.29) is 13.0 Å². The Morgan fingerprint density at radius 3 is 2.66 bits per heavy atom. The second-order valence-electron chi connectivity index (χ2n) is 8.22. The smallest absolute Gasteiger partial charge is 0.315 e. The van der Waals surface area contributed by atoms with E-state index in [1.165, 1.54) is 6.20 Å². The molecular formula is C27H24N8O3. The first-order valence-corrected chi connectivity index (χ1v) is 11.9. The van der Waals surface area contributed by atoms with Crippen LogP contribution in [-0.4, -0.2) is 48.0 Å². The summed E-state index contributed by atoms with van der Waals surface area (Å²) in [5.41, 5.74) is 4.55. The highest BCUT2D eigenvalue weighted by molar-refractivity contribution is 6.02. The summed E-state index contributed by atoms with van der Waals surface area (Å²) in [7, 11) is 0. The Bertz CT molecular complexity index is 1570. The maximum Gasteiger partial charge on any atom is 0.315 e. The summed E-state index contributed by atoms with van der Waals surface area (Å²) in [6.45, 7) is 2.30. The van der Waals surface area contributed by atoms with Crippen LogP contribution in [0.5, 0.6) is 0 Å². The molecule has 0 radical (unpaired) electrons. The normalized spacial score (nSPS) is 10.8. The zero-order valence-electron chi connectivity index (χ0n) is 20.5. The van der Waals surface area contributed by atoms with Gasteiger partial charge in [-0.15, -0.1) is 5.10 Å². The van der Waals surface area contributed by atoms with Crippen molar-refractivity contribution < 1.29 is 14.3 Å². The van der Waals surface area contributed by atoms with Gasteiger partial charge in [-0.3, -0.25) is 24.5 Å². The Labute approximate surface area is 218 Å². The van der Waals surface area contributed by atoms with Crippen LogP contribution in [0.15, 0.2) is 79.6 Å². The molecule has 2 N–H and O–H groups in total. The van der Waals surface area contributed by atoms with Crippen molar-refractivity contribution in [2.75, 3.05) is 17.2 Å². The first kappa shape index (κ1) is 24.5. The fourth-order valence-corrected chi connectivity index (χ4v) is 3.90. The third-order valence-corrected chi connectivity index (χ3v) is 5.54. The summed E-state index contributed by atoms with van der Waals surface area (Å²) in [5, 5.41) is 10.8. The van der Waals surface area contributed by atoms with Crippen LogP contribution in [-0.2, 0) is 20.9 Å². The molecule has 0 bridgehead atoms. The van der Waals surface area contributed by atoms with E-state index in [2.05, 4.69) is 25.6 Å². The van der Waals surface area contributed by atoms with Crippen molar-refractivity contribution in [3.63, 3.8) is 0 Å². The molecule has 4 aromatic heterocycles. The molecule has 1 amide bonds. The van der Waals surface area contributed by atoms with E-state index in [1.54, 1.807) is 42.3 Å². The highest BCUT2D eigenvalue weighted by atomic mass is 16.5. The van der Waals surface area contributed by atoms with Crippen molar-refractivity contribution >= 4 is 28.9 Å². The number of fused-ring (bicyclic) bond motifs is 1. The first-order chi connectivity index (χ1) is 18.6. The van der Waals surface area contributed by atoms with Crippen LogP contribution in [0.25, 0.3) is 28.0 Å². The van der Waals surface area contributed by atoms with Crippen LogP contribution >= 0.6 is 0 Å². The van der Waals surface area contributed by atoms with Gasteiger partial charge >= 0.3 is 5.97 Å². The molecular weight excluding hydrogens is 484 g/mol. The minimum absolute atomic E-state index is 0.210. The Morgan fingerprint density at radius 2 is 1.87 bits per heavy atom. The molecule has 0 aliphatic carbocycles. The Morgan fingerprint density at radius 1 is 1.00 bits per heavy atom. The SMILES string of the molecule is CCOC(=O)CC(=O)Nc1cncc(-c2nc(NCc3cnccn3)c3c(-c4ccccc4)ccn3n2)c1. The van der Waals surface area contributed by atoms with E-state index in [0.717, 1.165) is 22.3 Å². The van der Waals surface area contributed by atoms with Gasteiger partial charge in [0.2, 0.25) is 5.91 Å². The van der Waals surface area contributed by atoms with E-state index in [0.29, 0.717) is 29.4 Å². The highest BCUT2D eigenvalue weighted by Gasteiger charge is 2.17. The first-order valence-electron chi connectivity index (χ1n) is 11.9. The number of nitrogens with one attached hydrogen (secondary N) is 2. The lowest BCUT2D eigenvalue weighted by Gasteiger charge is -2.12. The lowest BCUT2D eigenvalue weighted by atomic mass is 10.1. The van der Waals surface area contributed by atoms with E-state index in [1.807, 2.05) is 42.6 Å². The average molecular weight is 509 g/mol. The number of rotatable bonds is 9. The fraction of sp³-hybridized carbons (Fsp3) is 0.148. The maximum atomic E-state index is 12.2. The largest absolute Gasteiger partial charge is 0.466 e. The highest BCUT2D eigenvalue weighted by Crippen LogP contribution is 2.31. The quantitative estimate of drug-likeness (QED) is 0.225. The van der Waals surface area contributed by atoms with Crippen LogP contribution in [0.3, 0.4) is 0 Å². The molecule has 0 unspecified atom stereocenters. The van der Waals surface area contributed by atoms with Gasteiger partial charge < -0.3 is 15.4 Å². The Hall–Kier alpha value is -5.19. The fourth-order valence-electron chi connectivity index (χ4n) is 3.90. The number of aromatic nitrogens is 6. The number of hydrogen-bond acceptors (Lipinski definition) is 9. The molecule has 0 spiro atoms. The second kappa shape index (κ2) is 11.2. The predicted octanol–water partition coefficient (Wildman–Crippen LogP) is 3.75. The Balaban J connectivity index is 1.49. The molecule has 5 aromatic rings. The summed E-state index contributed by atoms with van der Waals surface area (Å²) in [5.74, 6) is -0.101. The van der Waals surface area contributed by atoms with Crippen LogP contribution in [0.1, 0.15) is 19.0 Å². The van der Waals surface area contributed by atoms with Gasteiger partial charge in [-0.25, -0.2) is 9.50 Å². The van der Waals surface area contributed by atoms with Crippen molar-refractivity contribution in [2.45, 2.75) is 19.9 Å². The molecule has 38 heavy (non-hydrogen) atoms. The van der Waals surface area contributed by atoms with Crippen LogP contribution in [0.2, 0.25) is 0 Å². The summed E-state index contributed by atoms with van der Waals surface area (Å²) in [6.07, 6.45) is 9.53. The molecule has 0 saturated heterocycles. The number of nitrogens with zero attached hydrogens (tertiary/aromatic N) is 6. The van der Waals surface area contributed by atoms with Crippen molar-refractivity contribution in [2.24, 2.45) is 0 Å². The molecule has 0 saturated carbocycles. The molecule has 0 aliphatic heterocycles.